The van der Waals surface area contributed by atoms with Gasteiger partial charge in [-0.1, -0.05) is 6.08 Å². The van der Waals surface area contributed by atoms with Crippen LogP contribution in [0.1, 0.15) is 18.5 Å². The van der Waals surface area contributed by atoms with Crippen LogP contribution in [0.15, 0.2) is 30.9 Å². The lowest BCUT2D eigenvalue weighted by atomic mass is 10.1. The van der Waals surface area contributed by atoms with Crippen molar-refractivity contribution in [3.8, 4) is 0 Å². The minimum absolute atomic E-state index is 0.178. The molecule has 0 radical (unpaired) electrons. The van der Waals surface area contributed by atoms with E-state index < -0.39 is 0 Å². The van der Waals surface area contributed by atoms with E-state index >= 15 is 0 Å². The summed E-state index contributed by atoms with van der Waals surface area (Å²) in [5.41, 5.74) is 7.57. The molecule has 2 N–H and O–H groups in total. The molecule has 1 atom stereocenters. The van der Waals surface area contributed by atoms with E-state index in [-0.39, 0.29) is 11.9 Å². The molecule has 82 valence electrons. The van der Waals surface area contributed by atoms with Gasteiger partial charge in [-0.3, -0.25) is 0 Å². The highest BCUT2D eigenvalue weighted by Gasteiger charge is 2.10. The van der Waals surface area contributed by atoms with E-state index in [1.54, 1.807) is 12.1 Å². The van der Waals surface area contributed by atoms with Gasteiger partial charge in [-0.2, -0.15) is 0 Å². The normalized spacial score (nSPS) is 12.3. The van der Waals surface area contributed by atoms with E-state index in [9.17, 15) is 4.39 Å². The summed E-state index contributed by atoms with van der Waals surface area (Å²) in [6, 6.07) is 4.50. The first-order chi connectivity index (χ1) is 7.06. The van der Waals surface area contributed by atoms with E-state index in [0.29, 0.717) is 6.54 Å². The Morgan fingerprint density at radius 3 is 2.80 bits per heavy atom. The summed E-state index contributed by atoms with van der Waals surface area (Å²) in [5.74, 6) is -0.252. The van der Waals surface area contributed by atoms with Crippen LogP contribution >= 0.6 is 0 Å². The van der Waals surface area contributed by atoms with Crippen molar-refractivity contribution in [1.29, 1.82) is 0 Å². The molecule has 0 fully saturated rings. The van der Waals surface area contributed by atoms with E-state index in [1.165, 1.54) is 12.1 Å². The molecule has 0 bridgehead atoms. The summed E-state index contributed by atoms with van der Waals surface area (Å²) in [6.07, 6.45) is 1.80. The number of likely N-dealkylation sites (N-methyl/N-ethyl adjacent to an activating group) is 1. The molecule has 0 amide bonds. The van der Waals surface area contributed by atoms with E-state index in [0.717, 1.165) is 11.3 Å². The predicted octanol–water partition coefficient (Wildman–Crippen LogP) is 2.47. The summed E-state index contributed by atoms with van der Waals surface area (Å²) in [7, 11) is 1.93. The molecule has 0 spiro atoms. The molecule has 1 aromatic rings. The standard InChI is InChI=1S/C12H17FN2/c1-4-7-15(3)12-6-5-10(13)8-11(12)9(2)14/h4-6,8-9H,1,7,14H2,2-3H3/t9-/m0/s1. The highest BCUT2D eigenvalue weighted by atomic mass is 19.1. The molecule has 1 aromatic carbocycles. The molecule has 3 heteroatoms. The zero-order chi connectivity index (χ0) is 11.4. The van der Waals surface area contributed by atoms with Crippen LogP contribution in [0.4, 0.5) is 10.1 Å². The minimum atomic E-state index is -0.252. The number of hydrogen-bond acceptors (Lipinski definition) is 2. The summed E-state index contributed by atoms with van der Waals surface area (Å²) < 4.78 is 13.1. The first-order valence-electron chi connectivity index (χ1n) is 4.93. The molecular formula is C12H17FN2. The molecule has 0 saturated carbocycles. The van der Waals surface area contributed by atoms with E-state index in [1.807, 2.05) is 18.9 Å². The smallest absolute Gasteiger partial charge is 0.123 e. The fraction of sp³-hybridized carbons (Fsp3) is 0.333. The number of halogens is 1. The van der Waals surface area contributed by atoms with Crippen LogP contribution in [0, 0.1) is 5.82 Å². The second kappa shape index (κ2) is 4.94. The molecule has 0 aliphatic carbocycles. The predicted molar refractivity (Wildman–Crippen MR) is 62.5 cm³/mol. The van der Waals surface area contributed by atoms with E-state index in [4.69, 9.17) is 5.73 Å². The highest BCUT2D eigenvalue weighted by Crippen LogP contribution is 2.25. The largest absolute Gasteiger partial charge is 0.371 e. The lowest BCUT2D eigenvalue weighted by molar-refractivity contribution is 0.622. The van der Waals surface area contributed by atoms with Crippen LogP contribution in [-0.2, 0) is 0 Å². The Kier molecular flexibility index (Phi) is 3.86. The highest BCUT2D eigenvalue weighted by molar-refractivity contribution is 5.54. The third kappa shape index (κ3) is 2.80. The Bertz CT molecular complexity index is 347. The van der Waals surface area contributed by atoms with Crippen molar-refractivity contribution in [2.24, 2.45) is 5.73 Å². The Morgan fingerprint density at radius 1 is 1.60 bits per heavy atom. The Balaban J connectivity index is 3.10. The van der Waals surface area contributed by atoms with Crippen molar-refractivity contribution in [2.45, 2.75) is 13.0 Å². The number of nitrogens with zero attached hydrogens (tertiary/aromatic N) is 1. The first kappa shape index (κ1) is 11.7. The molecule has 0 aliphatic heterocycles. The molecule has 0 heterocycles. The van der Waals surface area contributed by atoms with Gasteiger partial charge in [-0.15, -0.1) is 6.58 Å². The maximum Gasteiger partial charge on any atom is 0.123 e. The van der Waals surface area contributed by atoms with Crippen molar-refractivity contribution in [3.63, 3.8) is 0 Å². The average molecular weight is 208 g/mol. The maximum absolute atomic E-state index is 13.1. The number of anilines is 1. The monoisotopic (exact) mass is 208 g/mol. The molecule has 0 saturated heterocycles. The van der Waals surface area contributed by atoms with Crippen molar-refractivity contribution in [3.05, 3.63) is 42.2 Å². The maximum atomic E-state index is 13.1. The topological polar surface area (TPSA) is 29.3 Å². The lowest BCUT2D eigenvalue weighted by Gasteiger charge is -2.22. The zero-order valence-corrected chi connectivity index (χ0v) is 9.20. The summed E-state index contributed by atoms with van der Waals surface area (Å²) in [6.45, 7) is 6.23. The van der Waals surface area contributed by atoms with Crippen LogP contribution < -0.4 is 10.6 Å². The van der Waals surface area contributed by atoms with Crippen molar-refractivity contribution in [2.75, 3.05) is 18.5 Å². The SMILES string of the molecule is C=CCN(C)c1ccc(F)cc1[C@H](C)N. The number of benzene rings is 1. The van der Waals surface area contributed by atoms with Crippen LogP contribution in [0.25, 0.3) is 0 Å². The van der Waals surface area contributed by atoms with Gasteiger partial charge in [0.2, 0.25) is 0 Å². The second-order valence-electron chi connectivity index (χ2n) is 3.66. The van der Waals surface area contributed by atoms with Gasteiger partial charge < -0.3 is 10.6 Å². The average Bonchev–Trinajstić information content (AvgIpc) is 2.17. The number of rotatable bonds is 4. The summed E-state index contributed by atoms with van der Waals surface area (Å²) in [4.78, 5) is 1.99. The molecule has 1 rings (SSSR count). The molecular weight excluding hydrogens is 191 g/mol. The van der Waals surface area contributed by atoms with Crippen LogP contribution in [0.2, 0.25) is 0 Å². The zero-order valence-electron chi connectivity index (χ0n) is 9.20. The first-order valence-corrected chi connectivity index (χ1v) is 4.93. The minimum Gasteiger partial charge on any atom is -0.371 e. The van der Waals surface area contributed by atoms with Crippen LogP contribution in [0.3, 0.4) is 0 Å². The Morgan fingerprint density at radius 2 is 2.27 bits per heavy atom. The van der Waals surface area contributed by atoms with Gasteiger partial charge in [-0.25, -0.2) is 4.39 Å². The number of nitrogens with two attached hydrogens (primary N) is 1. The molecule has 0 aromatic heterocycles. The van der Waals surface area contributed by atoms with Crippen LogP contribution in [0.5, 0.6) is 0 Å². The van der Waals surface area contributed by atoms with Crippen molar-refractivity contribution >= 4 is 5.69 Å². The Labute approximate surface area is 90.2 Å². The van der Waals surface area contributed by atoms with Gasteiger partial charge in [0.15, 0.2) is 0 Å². The molecule has 2 nitrogen and oxygen atoms in total. The summed E-state index contributed by atoms with van der Waals surface area (Å²) in [5, 5.41) is 0. The van der Waals surface area contributed by atoms with Gasteiger partial charge in [0.05, 0.1) is 0 Å². The van der Waals surface area contributed by atoms with Gasteiger partial charge >= 0.3 is 0 Å². The lowest BCUT2D eigenvalue weighted by Crippen LogP contribution is -2.20. The summed E-state index contributed by atoms with van der Waals surface area (Å²) >= 11 is 0. The van der Waals surface area contributed by atoms with Crippen molar-refractivity contribution < 1.29 is 4.39 Å². The fourth-order valence-corrected chi connectivity index (χ4v) is 1.53. The molecule has 15 heavy (non-hydrogen) atoms. The third-order valence-electron chi connectivity index (χ3n) is 2.29. The molecule has 0 unspecified atom stereocenters. The fourth-order valence-electron chi connectivity index (χ4n) is 1.53. The van der Waals surface area contributed by atoms with Crippen molar-refractivity contribution in [1.82, 2.24) is 0 Å². The van der Waals surface area contributed by atoms with Gasteiger partial charge in [0.25, 0.3) is 0 Å². The third-order valence-corrected chi connectivity index (χ3v) is 2.29. The van der Waals surface area contributed by atoms with Crippen LogP contribution in [-0.4, -0.2) is 13.6 Å². The van der Waals surface area contributed by atoms with Gasteiger partial charge in [0.1, 0.15) is 5.82 Å². The Hall–Kier alpha value is -1.35. The van der Waals surface area contributed by atoms with Gasteiger partial charge in [-0.05, 0) is 30.7 Å². The number of hydrogen-bond donors (Lipinski definition) is 1. The van der Waals surface area contributed by atoms with Gasteiger partial charge in [0, 0.05) is 25.3 Å². The molecule has 0 aliphatic rings. The van der Waals surface area contributed by atoms with E-state index in [2.05, 4.69) is 6.58 Å². The quantitative estimate of drug-likeness (QED) is 0.770. The second-order valence-corrected chi connectivity index (χ2v) is 3.66.